The van der Waals surface area contributed by atoms with E-state index in [1.165, 1.54) is 0 Å². The van der Waals surface area contributed by atoms with Gasteiger partial charge in [0.05, 0.1) is 0 Å². The van der Waals surface area contributed by atoms with E-state index >= 15 is 0 Å². The van der Waals surface area contributed by atoms with Crippen molar-refractivity contribution >= 4 is 34.7 Å². The maximum absolute atomic E-state index is 11.7. The summed E-state index contributed by atoms with van der Waals surface area (Å²) in [6.45, 7) is 5.52. The SMILES string of the molecule is CCC(C)(I)C(=O)OCC1(C)COC(=O)O1. The van der Waals surface area contributed by atoms with Crippen LogP contribution in [0.1, 0.15) is 27.2 Å². The number of cyclic esters (lactones) is 2. The molecule has 0 amide bonds. The van der Waals surface area contributed by atoms with Crippen LogP contribution < -0.4 is 0 Å². The number of rotatable bonds is 4. The highest BCUT2D eigenvalue weighted by atomic mass is 127. The summed E-state index contributed by atoms with van der Waals surface area (Å²) in [6, 6.07) is 0. The Morgan fingerprint density at radius 3 is 2.75 bits per heavy atom. The maximum Gasteiger partial charge on any atom is 0.509 e. The van der Waals surface area contributed by atoms with Gasteiger partial charge in [0.25, 0.3) is 0 Å². The second-order valence-electron chi connectivity index (χ2n) is 4.22. The molecule has 1 rings (SSSR count). The van der Waals surface area contributed by atoms with Gasteiger partial charge >= 0.3 is 12.1 Å². The van der Waals surface area contributed by atoms with Gasteiger partial charge in [0.1, 0.15) is 16.6 Å². The van der Waals surface area contributed by atoms with Crippen molar-refractivity contribution in [1.82, 2.24) is 0 Å². The number of hydrogen-bond donors (Lipinski definition) is 0. The van der Waals surface area contributed by atoms with Crippen LogP contribution in [0.4, 0.5) is 4.79 Å². The number of carbonyl (C=O) groups excluding carboxylic acids is 2. The molecule has 6 heteroatoms. The van der Waals surface area contributed by atoms with Crippen molar-refractivity contribution in [2.24, 2.45) is 0 Å². The zero-order chi connectivity index (χ0) is 12.4. The fourth-order valence-electron chi connectivity index (χ4n) is 1.06. The van der Waals surface area contributed by atoms with Crippen LogP contribution in [-0.2, 0) is 19.0 Å². The number of esters is 1. The lowest BCUT2D eigenvalue weighted by Crippen LogP contribution is -2.38. The average molecular weight is 342 g/mol. The molecule has 0 aromatic rings. The number of hydrogen-bond acceptors (Lipinski definition) is 5. The Hall–Kier alpha value is -0.530. The molecule has 2 atom stereocenters. The van der Waals surface area contributed by atoms with E-state index in [1.807, 2.05) is 29.5 Å². The zero-order valence-corrected chi connectivity index (χ0v) is 11.7. The van der Waals surface area contributed by atoms with E-state index in [0.717, 1.165) is 0 Å². The Bertz CT molecular complexity index is 302. The van der Waals surface area contributed by atoms with Crippen molar-refractivity contribution in [1.29, 1.82) is 0 Å². The summed E-state index contributed by atoms with van der Waals surface area (Å²) < 4.78 is 14.1. The Morgan fingerprint density at radius 2 is 2.31 bits per heavy atom. The highest BCUT2D eigenvalue weighted by Gasteiger charge is 2.40. The van der Waals surface area contributed by atoms with Crippen LogP contribution in [-0.4, -0.2) is 34.4 Å². The smallest absolute Gasteiger partial charge is 0.460 e. The molecule has 0 saturated carbocycles. The molecule has 1 aliphatic rings. The third-order valence-corrected chi connectivity index (χ3v) is 3.63. The van der Waals surface area contributed by atoms with Crippen molar-refractivity contribution < 1.29 is 23.8 Å². The normalized spacial score (nSPS) is 27.9. The Kier molecular flexibility index (Phi) is 4.03. The number of ether oxygens (including phenoxy) is 3. The summed E-state index contributed by atoms with van der Waals surface area (Å²) in [5.41, 5.74) is -0.854. The van der Waals surface area contributed by atoms with Crippen molar-refractivity contribution in [3.63, 3.8) is 0 Å². The van der Waals surface area contributed by atoms with E-state index in [9.17, 15) is 9.59 Å². The fraction of sp³-hybridized carbons (Fsp3) is 0.800. The summed E-state index contributed by atoms with van der Waals surface area (Å²) in [5.74, 6) is -0.306. The summed E-state index contributed by atoms with van der Waals surface area (Å²) >= 11 is 2.05. The second kappa shape index (κ2) is 4.77. The van der Waals surface area contributed by atoms with Crippen LogP contribution in [0.25, 0.3) is 0 Å². The molecule has 5 nitrogen and oxygen atoms in total. The molecule has 0 spiro atoms. The quantitative estimate of drug-likeness (QED) is 0.445. The van der Waals surface area contributed by atoms with Gasteiger partial charge in [-0.2, -0.15) is 0 Å². The first-order chi connectivity index (χ1) is 7.29. The fourth-order valence-corrected chi connectivity index (χ4v) is 1.21. The molecule has 0 bridgehead atoms. The van der Waals surface area contributed by atoms with E-state index in [1.54, 1.807) is 13.8 Å². The van der Waals surface area contributed by atoms with Crippen LogP contribution in [0.15, 0.2) is 0 Å². The van der Waals surface area contributed by atoms with E-state index < -0.39 is 15.2 Å². The minimum atomic E-state index is -0.854. The Labute approximate surface area is 108 Å². The zero-order valence-electron chi connectivity index (χ0n) is 9.54. The van der Waals surface area contributed by atoms with Gasteiger partial charge in [0.15, 0.2) is 5.60 Å². The van der Waals surface area contributed by atoms with Gasteiger partial charge in [0.2, 0.25) is 0 Å². The molecule has 0 aromatic heterocycles. The van der Waals surface area contributed by atoms with E-state index in [2.05, 4.69) is 4.74 Å². The number of carbonyl (C=O) groups is 2. The van der Waals surface area contributed by atoms with Crippen LogP contribution in [0.3, 0.4) is 0 Å². The van der Waals surface area contributed by atoms with Crippen LogP contribution in [0, 0.1) is 0 Å². The lowest BCUT2D eigenvalue weighted by molar-refractivity contribution is -0.151. The largest absolute Gasteiger partial charge is 0.509 e. The van der Waals surface area contributed by atoms with Gasteiger partial charge in [-0.1, -0.05) is 29.5 Å². The standard InChI is InChI=1S/C10H15IO5/c1-4-10(3,11)7(12)14-5-9(2)6-15-8(13)16-9/h4-6H2,1-3H3. The number of alkyl halides is 1. The molecule has 0 N–H and O–H groups in total. The molecular weight excluding hydrogens is 327 g/mol. The Morgan fingerprint density at radius 1 is 1.69 bits per heavy atom. The summed E-state index contributed by atoms with van der Waals surface area (Å²) in [7, 11) is 0. The third kappa shape index (κ3) is 3.23. The third-order valence-electron chi connectivity index (χ3n) is 2.42. The molecule has 1 aliphatic heterocycles. The van der Waals surface area contributed by atoms with Crippen molar-refractivity contribution in [2.75, 3.05) is 13.2 Å². The molecule has 16 heavy (non-hydrogen) atoms. The van der Waals surface area contributed by atoms with Gasteiger partial charge in [0, 0.05) is 0 Å². The molecule has 1 fully saturated rings. The van der Waals surface area contributed by atoms with Gasteiger partial charge in [-0.3, -0.25) is 4.79 Å². The van der Waals surface area contributed by atoms with Crippen LogP contribution in [0.2, 0.25) is 0 Å². The first kappa shape index (κ1) is 13.5. The molecule has 0 aromatic carbocycles. The minimum Gasteiger partial charge on any atom is -0.460 e. The average Bonchev–Trinajstić information content (AvgIpc) is 2.56. The lowest BCUT2D eigenvalue weighted by Gasteiger charge is -2.23. The van der Waals surface area contributed by atoms with Crippen molar-refractivity contribution in [3.05, 3.63) is 0 Å². The van der Waals surface area contributed by atoms with Crippen LogP contribution in [0.5, 0.6) is 0 Å². The van der Waals surface area contributed by atoms with Crippen molar-refractivity contribution in [3.8, 4) is 0 Å². The summed E-state index contributed by atoms with van der Waals surface area (Å²) in [6.07, 6.45) is -0.0365. The van der Waals surface area contributed by atoms with E-state index in [4.69, 9.17) is 9.47 Å². The first-order valence-corrected chi connectivity index (χ1v) is 6.09. The molecule has 0 aliphatic carbocycles. The lowest BCUT2D eigenvalue weighted by atomic mass is 10.1. The molecule has 1 heterocycles. The first-order valence-electron chi connectivity index (χ1n) is 5.01. The van der Waals surface area contributed by atoms with Crippen molar-refractivity contribution in [2.45, 2.75) is 36.2 Å². The maximum atomic E-state index is 11.7. The minimum absolute atomic E-state index is 0.0240. The molecular formula is C10H15IO5. The summed E-state index contributed by atoms with van der Waals surface area (Å²) in [4.78, 5) is 22.4. The van der Waals surface area contributed by atoms with Gasteiger partial charge in [-0.05, 0) is 20.3 Å². The predicted molar refractivity (Wildman–Crippen MR) is 64.5 cm³/mol. The molecule has 0 radical (unpaired) electrons. The summed E-state index contributed by atoms with van der Waals surface area (Å²) in [5, 5.41) is 0. The van der Waals surface area contributed by atoms with Gasteiger partial charge < -0.3 is 14.2 Å². The highest BCUT2D eigenvalue weighted by Crippen LogP contribution is 2.26. The van der Waals surface area contributed by atoms with E-state index in [0.29, 0.717) is 6.42 Å². The van der Waals surface area contributed by atoms with Crippen LogP contribution >= 0.6 is 22.6 Å². The topological polar surface area (TPSA) is 61.8 Å². The highest BCUT2D eigenvalue weighted by molar-refractivity contribution is 14.1. The number of halogens is 1. The van der Waals surface area contributed by atoms with Gasteiger partial charge in [-0.15, -0.1) is 0 Å². The Balaban J connectivity index is 2.46. The predicted octanol–water partition coefficient (Wildman–Crippen LogP) is 2.06. The van der Waals surface area contributed by atoms with Gasteiger partial charge in [-0.25, -0.2) is 4.79 Å². The van der Waals surface area contributed by atoms with E-state index in [-0.39, 0.29) is 19.2 Å². The molecule has 92 valence electrons. The molecule has 1 saturated heterocycles. The monoisotopic (exact) mass is 342 g/mol. The second-order valence-corrected chi connectivity index (χ2v) is 6.60. The molecule has 2 unspecified atom stereocenters.